The first kappa shape index (κ1) is 14.5. The number of ether oxygens (including phenoxy) is 1. The molecule has 1 saturated heterocycles. The van der Waals surface area contributed by atoms with Crippen LogP contribution >= 0.6 is 0 Å². The van der Waals surface area contributed by atoms with Crippen LogP contribution in [-0.4, -0.2) is 43.3 Å². The summed E-state index contributed by atoms with van der Waals surface area (Å²) in [6.07, 6.45) is 1.09. The minimum absolute atomic E-state index is 0.0816. The van der Waals surface area contributed by atoms with Crippen molar-refractivity contribution in [2.75, 3.05) is 26.9 Å². The Morgan fingerprint density at radius 2 is 2.12 bits per heavy atom. The highest BCUT2D eigenvalue weighted by molar-refractivity contribution is 5.79. The van der Waals surface area contributed by atoms with Gasteiger partial charge in [-0.3, -0.25) is 9.69 Å². The van der Waals surface area contributed by atoms with E-state index in [0.717, 1.165) is 19.5 Å². The number of rotatable bonds is 3. The fraction of sp³-hybridized carbons (Fsp3) is 0.923. The molecule has 1 amide bonds. The van der Waals surface area contributed by atoms with Gasteiger partial charge in [-0.15, -0.1) is 0 Å². The topological polar surface area (TPSA) is 41.6 Å². The van der Waals surface area contributed by atoms with Crippen LogP contribution in [0.4, 0.5) is 0 Å². The number of carbonyl (C=O) groups excluding carboxylic acids is 1. The zero-order valence-corrected chi connectivity index (χ0v) is 11.7. The first-order valence-electron chi connectivity index (χ1n) is 6.38. The van der Waals surface area contributed by atoms with E-state index in [2.05, 4.69) is 37.9 Å². The lowest BCUT2D eigenvalue weighted by Crippen LogP contribution is -2.53. The van der Waals surface area contributed by atoms with E-state index in [1.807, 2.05) is 0 Å². The summed E-state index contributed by atoms with van der Waals surface area (Å²) in [4.78, 5) is 14.4. The highest BCUT2D eigenvalue weighted by Crippen LogP contribution is 2.28. The molecule has 1 N–H and O–H groups in total. The van der Waals surface area contributed by atoms with E-state index >= 15 is 0 Å². The molecule has 0 aromatic carbocycles. The monoisotopic (exact) mass is 242 g/mol. The van der Waals surface area contributed by atoms with Crippen molar-refractivity contribution in [2.45, 2.75) is 39.7 Å². The smallest absolute Gasteiger partial charge is 0.226 e. The molecular formula is C13H26N2O2. The van der Waals surface area contributed by atoms with Crippen molar-refractivity contribution < 1.29 is 9.53 Å². The van der Waals surface area contributed by atoms with Gasteiger partial charge in [0, 0.05) is 19.2 Å². The van der Waals surface area contributed by atoms with Gasteiger partial charge in [0.05, 0.1) is 5.92 Å². The van der Waals surface area contributed by atoms with Gasteiger partial charge in [-0.25, -0.2) is 0 Å². The number of likely N-dealkylation sites (tertiary alicyclic amines) is 1. The third kappa shape index (κ3) is 3.96. The molecular weight excluding hydrogens is 216 g/mol. The second-order valence-electron chi connectivity index (χ2n) is 5.96. The quantitative estimate of drug-likeness (QED) is 0.762. The van der Waals surface area contributed by atoms with Gasteiger partial charge in [0.15, 0.2) is 0 Å². The fourth-order valence-corrected chi connectivity index (χ4v) is 2.29. The number of nitrogens with one attached hydrogen (secondary N) is 1. The van der Waals surface area contributed by atoms with Crippen molar-refractivity contribution in [3.8, 4) is 0 Å². The highest BCUT2D eigenvalue weighted by Gasteiger charge is 2.35. The molecule has 1 rings (SSSR count). The minimum Gasteiger partial charge on any atom is -0.364 e. The number of carbonyl (C=O) groups is 1. The second-order valence-corrected chi connectivity index (χ2v) is 5.96. The van der Waals surface area contributed by atoms with E-state index in [1.54, 1.807) is 7.11 Å². The lowest BCUT2D eigenvalue weighted by Gasteiger charge is -2.43. The molecule has 1 aliphatic heterocycles. The third-order valence-electron chi connectivity index (χ3n) is 3.63. The van der Waals surface area contributed by atoms with Crippen molar-refractivity contribution in [1.82, 2.24) is 10.2 Å². The van der Waals surface area contributed by atoms with Crippen molar-refractivity contribution in [1.29, 1.82) is 0 Å². The van der Waals surface area contributed by atoms with Crippen LogP contribution in [0.15, 0.2) is 0 Å². The van der Waals surface area contributed by atoms with Crippen LogP contribution in [-0.2, 0) is 9.53 Å². The van der Waals surface area contributed by atoms with Crippen molar-refractivity contribution in [3.05, 3.63) is 0 Å². The molecule has 4 heteroatoms. The van der Waals surface area contributed by atoms with Crippen LogP contribution in [0.2, 0.25) is 0 Å². The van der Waals surface area contributed by atoms with Crippen LogP contribution in [0.1, 0.15) is 34.1 Å². The number of hydrogen-bond acceptors (Lipinski definition) is 3. The summed E-state index contributed by atoms with van der Waals surface area (Å²) in [6.45, 7) is 11.0. The van der Waals surface area contributed by atoms with Crippen LogP contribution in [0.25, 0.3) is 0 Å². The van der Waals surface area contributed by atoms with Gasteiger partial charge in [0.25, 0.3) is 0 Å². The zero-order valence-electron chi connectivity index (χ0n) is 11.7. The Kier molecular flexibility index (Phi) is 4.95. The molecule has 0 aromatic heterocycles. The van der Waals surface area contributed by atoms with Crippen LogP contribution in [0.5, 0.6) is 0 Å². The average Bonchev–Trinajstić information content (AvgIpc) is 2.24. The van der Waals surface area contributed by atoms with Crippen molar-refractivity contribution in [2.24, 2.45) is 11.8 Å². The van der Waals surface area contributed by atoms with E-state index in [9.17, 15) is 4.79 Å². The predicted molar refractivity (Wildman–Crippen MR) is 68.6 cm³/mol. The Hall–Kier alpha value is -0.610. The average molecular weight is 242 g/mol. The summed E-state index contributed by atoms with van der Waals surface area (Å²) in [6, 6.07) is 0. The second kappa shape index (κ2) is 5.83. The number of amides is 1. The summed E-state index contributed by atoms with van der Waals surface area (Å²) in [7, 11) is 1.59. The third-order valence-corrected chi connectivity index (χ3v) is 3.63. The molecule has 0 radical (unpaired) electrons. The van der Waals surface area contributed by atoms with Gasteiger partial charge in [0.1, 0.15) is 6.73 Å². The number of piperidine rings is 1. The maximum atomic E-state index is 12.0. The number of methoxy groups -OCH3 is 1. The normalized spacial score (nSPS) is 26.9. The van der Waals surface area contributed by atoms with Crippen LogP contribution in [0, 0.1) is 11.8 Å². The summed E-state index contributed by atoms with van der Waals surface area (Å²) in [5.41, 5.74) is 0.139. The molecule has 1 aliphatic rings. The van der Waals surface area contributed by atoms with Crippen LogP contribution < -0.4 is 5.32 Å². The molecule has 0 aliphatic carbocycles. The van der Waals surface area contributed by atoms with Gasteiger partial charge >= 0.3 is 0 Å². The number of nitrogens with zero attached hydrogens (tertiary/aromatic N) is 1. The minimum atomic E-state index is 0.0816. The summed E-state index contributed by atoms with van der Waals surface area (Å²) >= 11 is 0. The summed E-state index contributed by atoms with van der Waals surface area (Å²) in [5, 5.41) is 2.82. The predicted octanol–water partition coefficient (Wildman–Crippen LogP) is 1.46. The standard InChI is InChI=1S/C13H26N2O2/c1-10-6-7-15(13(2,3)4)8-11(10)12(16)14-9-17-5/h10-11H,6-9H2,1-5H3,(H,14,16). The first-order chi connectivity index (χ1) is 7.86. The maximum Gasteiger partial charge on any atom is 0.226 e. The van der Waals surface area contributed by atoms with Gasteiger partial charge in [-0.2, -0.15) is 0 Å². The van der Waals surface area contributed by atoms with E-state index in [-0.39, 0.29) is 17.4 Å². The zero-order chi connectivity index (χ0) is 13.1. The fourth-order valence-electron chi connectivity index (χ4n) is 2.29. The Morgan fingerprint density at radius 3 is 2.65 bits per heavy atom. The maximum absolute atomic E-state index is 12.0. The lowest BCUT2D eigenvalue weighted by atomic mass is 9.84. The van der Waals surface area contributed by atoms with E-state index < -0.39 is 0 Å². The van der Waals surface area contributed by atoms with E-state index in [4.69, 9.17) is 4.74 Å². The molecule has 0 aromatic rings. The largest absolute Gasteiger partial charge is 0.364 e. The Morgan fingerprint density at radius 1 is 1.47 bits per heavy atom. The van der Waals surface area contributed by atoms with E-state index in [0.29, 0.717) is 12.6 Å². The molecule has 2 unspecified atom stereocenters. The molecule has 1 fully saturated rings. The molecule has 17 heavy (non-hydrogen) atoms. The van der Waals surface area contributed by atoms with Gasteiger partial charge in [-0.05, 0) is 39.7 Å². The molecule has 4 nitrogen and oxygen atoms in total. The molecule has 100 valence electrons. The summed E-state index contributed by atoms with van der Waals surface area (Å²) in [5.74, 6) is 0.650. The Balaban J connectivity index is 2.60. The molecule has 2 atom stereocenters. The molecule has 0 bridgehead atoms. The van der Waals surface area contributed by atoms with Crippen LogP contribution in [0.3, 0.4) is 0 Å². The van der Waals surface area contributed by atoms with Gasteiger partial charge in [-0.1, -0.05) is 6.92 Å². The van der Waals surface area contributed by atoms with E-state index in [1.165, 1.54) is 0 Å². The first-order valence-corrected chi connectivity index (χ1v) is 6.38. The lowest BCUT2D eigenvalue weighted by molar-refractivity contribution is -0.131. The van der Waals surface area contributed by atoms with Gasteiger partial charge < -0.3 is 10.1 Å². The molecule has 0 spiro atoms. The van der Waals surface area contributed by atoms with Crippen molar-refractivity contribution in [3.63, 3.8) is 0 Å². The summed E-state index contributed by atoms with van der Waals surface area (Å²) < 4.78 is 4.89. The molecule has 1 heterocycles. The number of hydrogen-bond donors (Lipinski definition) is 1. The Labute approximate surface area is 105 Å². The highest BCUT2D eigenvalue weighted by atomic mass is 16.5. The van der Waals surface area contributed by atoms with Crippen molar-refractivity contribution >= 4 is 5.91 Å². The SMILES string of the molecule is COCNC(=O)C1CN(C(C)(C)C)CCC1C. The molecule has 0 saturated carbocycles. The van der Waals surface area contributed by atoms with Gasteiger partial charge in [0.2, 0.25) is 5.91 Å². The Bertz CT molecular complexity index is 261.